The number of carbonyl (C=O) groups excluding carboxylic acids is 2. The molecule has 2 fully saturated rings. The first-order chi connectivity index (χ1) is 36.7. The third kappa shape index (κ3) is 16.3. The summed E-state index contributed by atoms with van der Waals surface area (Å²) in [6.45, 7) is 0.913. The molecule has 6 aromatic rings. The molecule has 0 bridgehead atoms. The average Bonchev–Trinajstić information content (AvgIpc) is 3.44. The van der Waals surface area contributed by atoms with Crippen LogP contribution in [0.4, 0.5) is 4.39 Å². The second-order valence-corrected chi connectivity index (χ2v) is 20.8. The van der Waals surface area contributed by atoms with E-state index in [1.165, 1.54) is 11.6 Å². The molecule has 2 aliphatic carbocycles. The Morgan fingerprint density at radius 2 is 0.974 bits per heavy atom. The third-order valence-corrected chi connectivity index (χ3v) is 15.3. The summed E-state index contributed by atoms with van der Waals surface area (Å²) in [7, 11) is 11.7. The number of ether oxygens (including phenoxy) is 4. The number of benzene rings is 6. The van der Waals surface area contributed by atoms with E-state index in [-0.39, 0.29) is 40.8 Å². The molecule has 0 unspecified atom stereocenters. The molecule has 76 heavy (non-hydrogen) atoms. The van der Waals surface area contributed by atoms with Gasteiger partial charge in [0, 0.05) is 40.3 Å². The fourth-order valence-electron chi connectivity index (χ4n) is 10.3. The van der Waals surface area contributed by atoms with Gasteiger partial charge in [-0.2, -0.15) is 0 Å². The zero-order valence-corrected chi connectivity index (χ0v) is 45.7. The van der Waals surface area contributed by atoms with Crippen LogP contribution in [0, 0.1) is 5.82 Å². The lowest BCUT2D eigenvalue weighted by atomic mass is 9.74. The smallest absolute Gasteiger partial charge is 0.244 e. The molecule has 400 valence electrons. The van der Waals surface area contributed by atoms with E-state index in [1.54, 1.807) is 38.5 Å². The SMILES string of the molecule is COc1cc(C=CC(=O)NC2CCC(Cc3ccc(Cl)cc3)(N(C)C)CC2)ccc1OCc1ccccc1.COc1cc(C=CC(=O)NC2CCC(Cc3ccccc3F)(N(C)C)CC2)ccc1OCc1ccccc1. The van der Waals surface area contributed by atoms with Crippen LogP contribution >= 0.6 is 11.6 Å². The Hall–Kier alpha value is -6.92. The van der Waals surface area contributed by atoms with E-state index in [1.807, 2.05) is 127 Å². The van der Waals surface area contributed by atoms with Gasteiger partial charge in [-0.1, -0.05) is 115 Å². The summed E-state index contributed by atoms with van der Waals surface area (Å²) in [4.78, 5) is 30.0. The molecule has 0 saturated heterocycles. The summed E-state index contributed by atoms with van der Waals surface area (Å²) in [6, 6.07) is 46.7. The molecule has 2 aliphatic rings. The van der Waals surface area contributed by atoms with Crippen LogP contribution in [-0.2, 0) is 35.6 Å². The van der Waals surface area contributed by atoms with E-state index < -0.39 is 0 Å². The number of methoxy groups -OCH3 is 2. The molecule has 6 aromatic carbocycles. The van der Waals surface area contributed by atoms with Crippen molar-refractivity contribution in [3.05, 3.63) is 202 Å². The summed E-state index contributed by atoms with van der Waals surface area (Å²) >= 11 is 6.07. The van der Waals surface area contributed by atoms with Crippen LogP contribution in [0.25, 0.3) is 12.2 Å². The molecule has 2 amide bonds. The summed E-state index contributed by atoms with van der Waals surface area (Å²) in [6.07, 6.45) is 15.8. The monoisotopic (exact) mass is 1050 g/mol. The molecule has 10 nitrogen and oxygen atoms in total. The van der Waals surface area contributed by atoms with E-state index in [4.69, 9.17) is 30.5 Å². The average molecular weight is 1050 g/mol. The summed E-state index contributed by atoms with van der Waals surface area (Å²) in [5.41, 5.74) is 5.91. The molecular weight excluding hydrogens is 975 g/mol. The Kier molecular flexibility index (Phi) is 20.7. The lowest BCUT2D eigenvalue weighted by Gasteiger charge is -2.45. The number of amides is 2. The quantitative estimate of drug-likeness (QED) is 0.0729. The van der Waals surface area contributed by atoms with Crippen molar-refractivity contribution >= 4 is 35.6 Å². The Balaban J connectivity index is 0.000000221. The highest BCUT2D eigenvalue weighted by molar-refractivity contribution is 6.30. The van der Waals surface area contributed by atoms with Gasteiger partial charge in [0.15, 0.2) is 23.0 Å². The Morgan fingerprint density at radius 3 is 1.39 bits per heavy atom. The van der Waals surface area contributed by atoms with E-state index in [9.17, 15) is 14.0 Å². The Morgan fingerprint density at radius 1 is 0.553 bits per heavy atom. The number of hydrogen-bond donors (Lipinski definition) is 2. The standard InChI is InChI=1S/C32H37ClN2O3.C32H37FN2O3/c1-35(2)32(22-25-9-13-27(33)14-10-25)19-17-28(18-20-32)34-31(36)16-12-24-11-15-29(30(21-24)37-3)38-23-26-7-5-4-6-8-26;1-35(2)32(22-26-11-7-8-12-28(26)33)19-17-27(18-20-32)34-31(36)16-14-24-13-15-29(30(21-24)37-3)38-23-25-9-5-4-6-10-25/h4-16,21,28H,17-20,22-23H2,1-3H3,(H,34,36);4-16,21,27H,17-20,22-23H2,1-3H3,(H,34,36). The van der Waals surface area contributed by atoms with Crippen LogP contribution in [0.5, 0.6) is 23.0 Å². The Bertz CT molecular complexity index is 2840. The summed E-state index contributed by atoms with van der Waals surface area (Å²) in [5, 5.41) is 7.11. The maximum Gasteiger partial charge on any atom is 0.244 e. The second-order valence-electron chi connectivity index (χ2n) is 20.4. The largest absolute Gasteiger partial charge is 0.493 e. The molecule has 12 heteroatoms. The first-order valence-electron chi connectivity index (χ1n) is 26.2. The van der Waals surface area contributed by atoms with E-state index in [0.717, 1.165) is 90.6 Å². The molecule has 0 aromatic heterocycles. The van der Waals surface area contributed by atoms with E-state index in [0.29, 0.717) is 42.6 Å². The van der Waals surface area contributed by atoms with Gasteiger partial charge in [-0.15, -0.1) is 0 Å². The van der Waals surface area contributed by atoms with Crippen molar-refractivity contribution in [3.63, 3.8) is 0 Å². The maximum atomic E-state index is 14.3. The van der Waals surface area contributed by atoms with Crippen molar-refractivity contribution < 1.29 is 32.9 Å². The van der Waals surface area contributed by atoms with Crippen LogP contribution < -0.4 is 29.6 Å². The lowest BCUT2D eigenvalue weighted by Crippen LogP contribution is -2.52. The van der Waals surface area contributed by atoms with Crippen molar-refractivity contribution in [2.45, 2.75) is 101 Å². The number of likely N-dealkylation sites (N-methyl/N-ethyl adjacent to an activating group) is 2. The van der Waals surface area contributed by atoms with Crippen LogP contribution in [0.2, 0.25) is 5.02 Å². The molecule has 8 rings (SSSR count). The summed E-state index contributed by atoms with van der Waals surface area (Å²) in [5.74, 6) is 2.23. The van der Waals surface area contributed by atoms with Gasteiger partial charge >= 0.3 is 0 Å². The van der Waals surface area contributed by atoms with Gasteiger partial charge in [-0.25, -0.2) is 4.39 Å². The van der Waals surface area contributed by atoms with Gasteiger partial charge in [0.05, 0.1) is 14.2 Å². The van der Waals surface area contributed by atoms with Crippen molar-refractivity contribution in [1.29, 1.82) is 0 Å². The third-order valence-electron chi connectivity index (χ3n) is 15.1. The first-order valence-corrected chi connectivity index (χ1v) is 26.6. The lowest BCUT2D eigenvalue weighted by molar-refractivity contribution is -0.118. The first kappa shape index (κ1) is 56.8. The molecule has 0 spiro atoms. The molecule has 0 radical (unpaired) electrons. The predicted molar refractivity (Wildman–Crippen MR) is 304 cm³/mol. The highest BCUT2D eigenvalue weighted by Gasteiger charge is 2.39. The fraction of sp³-hybridized carbons (Fsp3) is 0.344. The number of halogens is 2. The minimum Gasteiger partial charge on any atom is -0.493 e. The number of hydrogen-bond acceptors (Lipinski definition) is 8. The van der Waals surface area contributed by atoms with Gasteiger partial charge in [0.25, 0.3) is 0 Å². The topological polar surface area (TPSA) is 102 Å². The van der Waals surface area contributed by atoms with Gasteiger partial charge < -0.3 is 39.4 Å². The van der Waals surface area contributed by atoms with Gasteiger partial charge in [-0.3, -0.25) is 9.59 Å². The molecule has 2 N–H and O–H groups in total. The van der Waals surface area contributed by atoms with E-state index in [2.05, 4.69) is 60.8 Å². The maximum absolute atomic E-state index is 14.3. The van der Waals surface area contributed by atoms with Crippen LogP contribution in [-0.4, -0.2) is 87.2 Å². The number of nitrogens with one attached hydrogen (secondary N) is 2. The predicted octanol–water partition coefficient (Wildman–Crippen LogP) is 12.6. The number of nitrogens with zero attached hydrogens (tertiary/aromatic N) is 2. The summed E-state index contributed by atoms with van der Waals surface area (Å²) < 4.78 is 37.2. The van der Waals surface area contributed by atoms with Gasteiger partial charge in [0.2, 0.25) is 11.8 Å². The minimum atomic E-state index is -0.151. The van der Waals surface area contributed by atoms with Crippen molar-refractivity contribution in [3.8, 4) is 23.0 Å². The fourth-order valence-corrected chi connectivity index (χ4v) is 10.4. The van der Waals surface area contributed by atoms with Crippen LogP contribution in [0.15, 0.2) is 158 Å². The van der Waals surface area contributed by atoms with Crippen molar-refractivity contribution in [2.24, 2.45) is 0 Å². The van der Waals surface area contributed by atoms with Crippen molar-refractivity contribution in [1.82, 2.24) is 20.4 Å². The highest BCUT2D eigenvalue weighted by atomic mass is 35.5. The highest BCUT2D eigenvalue weighted by Crippen LogP contribution is 2.38. The molecule has 0 atom stereocenters. The molecule has 0 aliphatic heterocycles. The molecule has 2 saturated carbocycles. The molecule has 0 heterocycles. The van der Waals surface area contributed by atoms with Crippen LogP contribution in [0.1, 0.15) is 84.7 Å². The number of rotatable bonds is 20. The van der Waals surface area contributed by atoms with Crippen molar-refractivity contribution in [2.75, 3.05) is 42.4 Å². The zero-order chi connectivity index (χ0) is 53.9. The van der Waals surface area contributed by atoms with Crippen LogP contribution in [0.3, 0.4) is 0 Å². The minimum absolute atomic E-state index is 0.0755. The van der Waals surface area contributed by atoms with E-state index >= 15 is 0 Å². The normalized spacial score (nSPS) is 19.4. The zero-order valence-electron chi connectivity index (χ0n) is 44.9. The van der Waals surface area contributed by atoms with Gasteiger partial charge in [-0.05, 0) is 180 Å². The molecular formula is C64H74ClFN4O6. The second kappa shape index (κ2) is 27.7. The Labute approximate surface area is 454 Å². The number of carbonyl (C=O) groups is 2. The van der Waals surface area contributed by atoms with Gasteiger partial charge in [0.1, 0.15) is 19.0 Å².